The number of amides is 4. The highest BCUT2D eigenvalue weighted by Crippen LogP contribution is 2.35. The molecule has 2 heterocycles. The van der Waals surface area contributed by atoms with E-state index in [2.05, 4.69) is 16.0 Å². The molecule has 1 aliphatic rings. The number of benzene rings is 2. The third kappa shape index (κ3) is 7.65. The normalized spacial score (nSPS) is 14.9. The predicted molar refractivity (Wildman–Crippen MR) is 159 cm³/mol. The molecule has 42 heavy (non-hydrogen) atoms. The zero-order valence-electron chi connectivity index (χ0n) is 23.7. The molecule has 4 rings (SSSR count). The van der Waals surface area contributed by atoms with Gasteiger partial charge in [0.2, 0.25) is 17.7 Å². The molecule has 0 saturated carbocycles. The minimum absolute atomic E-state index is 0.119. The quantitative estimate of drug-likeness (QED) is 0.292. The van der Waals surface area contributed by atoms with Gasteiger partial charge in [-0.1, -0.05) is 12.1 Å². The van der Waals surface area contributed by atoms with Gasteiger partial charge in [-0.2, -0.15) is 0 Å². The number of nitrogens with zero attached hydrogens (tertiary/aromatic N) is 1. The summed E-state index contributed by atoms with van der Waals surface area (Å²) >= 11 is 1.25. The van der Waals surface area contributed by atoms with Crippen molar-refractivity contribution in [3.8, 4) is 11.5 Å². The van der Waals surface area contributed by atoms with Crippen LogP contribution in [0.25, 0.3) is 0 Å². The number of hydrogen-bond donors (Lipinski definition) is 3. The zero-order chi connectivity index (χ0) is 30.1. The lowest BCUT2D eigenvalue weighted by Gasteiger charge is -2.32. The maximum atomic E-state index is 13.9. The Kier molecular flexibility index (Phi) is 10.5. The third-order valence-electron chi connectivity index (χ3n) is 6.64. The van der Waals surface area contributed by atoms with Crippen molar-refractivity contribution in [2.75, 3.05) is 44.1 Å². The summed E-state index contributed by atoms with van der Waals surface area (Å²) in [6.45, 7) is 1.94. The first-order valence-electron chi connectivity index (χ1n) is 13.4. The highest BCUT2D eigenvalue weighted by atomic mass is 32.1. The number of carbonyl (C=O) groups is 4. The average Bonchev–Trinajstić information content (AvgIpc) is 3.72. The largest absolute Gasteiger partial charge is 0.493 e. The van der Waals surface area contributed by atoms with Crippen molar-refractivity contribution in [2.24, 2.45) is 0 Å². The number of nitrogens with one attached hydrogen (secondary N) is 3. The second-order valence-corrected chi connectivity index (χ2v) is 10.5. The van der Waals surface area contributed by atoms with Crippen molar-refractivity contribution in [1.82, 2.24) is 10.6 Å². The SMILES string of the molecule is COc1ccc([C@H](C(=O)NC[C@@H]2CCCO2)N(C(=O)CNC(=O)c2cccs2)c2ccc(NC(C)=O)cc2)cc1OC. The Hall–Kier alpha value is -4.42. The lowest BCUT2D eigenvalue weighted by atomic mass is 10.0. The molecule has 0 radical (unpaired) electrons. The van der Waals surface area contributed by atoms with Crippen molar-refractivity contribution < 1.29 is 33.4 Å². The summed E-state index contributed by atoms with van der Waals surface area (Å²) < 4.78 is 16.6. The van der Waals surface area contributed by atoms with Crippen LogP contribution in [0.2, 0.25) is 0 Å². The van der Waals surface area contributed by atoms with Crippen LogP contribution in [0.4, 0.5) is 11.4 Å². The molecule has 4 amide bonds. The molecule has 1 aliphatic heterocycles. The van der Waals surface area contributed by atoms with E-state index in [1.165, 1.54) is 37.4 Å². The topological polar surface area (TPSA) is 135 Å². The maximum Gasteiger partial charge on any atom is 0.261 e. The van der Waals surface area contributed by atoms with Crippen LogP contribution in [-0.4, -0.2) is 63.6 Å². The maximum absolute atomic E-state index is 13.9. The smallest absolute Gasteiger partial charge is 0.261 e. The Labute approximate surface area is 248 Å². The average molecular weight is 595 g/mol. The van der Waals surface area contributed by atoms with Crippen LogP contribution < -0.4 is 30.3 Å². The van der Waals surface area contributed by atoms with Gasteiger partial charge in [0.25, 0.3) is 5.91 Å². The Morgan fingerprint density at radius 2 is 1.79 bits per heavy atom. The van der Waals surface area contributed by atoms with Crippen LogP contribution in [0.1, 0.15) is 41.0 Å². The van der Waals surface area contributed by atoms with E-state index in [0.717, 1.165) is 12.8 Å². The van der Waals surface area contributed by atoms with E-state index in [9.17, 15) is 19.2 Å². The molecule has 1 fully saturated rings. The summed E-state index contributed by atoms with van der Waals surface area (Å²) in [6, 6.07) is 13.8. The third-order valence-corrected chi connectivity index (χ3v) is 7.51. The molecular weight excluding hydrogens is 560 g/mol. The van der Waals surface area contributed by atoms with Gasteiger partial charge in [0.1, 0.15) is 6.04 Å². The summed E-state index contributed by atoms with van der Waals surface area (Å²) in [4.78, 5) is 53.9. The number of hydrogen-bond acceptors (Lipinski definition) is 8. The Balaban J connectivity index is 1.73. The number of ether oxygens (including phenoxy) is 3. The van der Waals surface area contributed by atoms with Gasteiger partial charge in [-0.3, -0.25) is 24.1 Å². The van der Waals surface area contributed by atoms with Gasteiger partial charge in [-0.15, -0.1) is 11.3 Å². The van der Waals surface area contributed by atoms with E-state index >= 15 is 0 Å². The van der Waals surface area contributed by atoms with Crippen molar-refractivity contribution in [2.45, 2.75) is 31.9 Å². The first kappa shape index (κ1) is 30.5. The van der Waals surface area contributed by atoms with E-state index < -0.39 is 23.8 Å². The van der Waals surface area contributed by atoms with Crippen LogP contribution in [0, 0.1) is 0 Å². The highest BCUT2D eigenvalue weighted by molar-refractivity contribution is 7.12. The second kappa shape index (κ2) is 14.5. The second-order valence-electron chi connectivity index (χ2n) is 9.55. The summed E-state index contributed by atoms with van der Waals surface area (Å²) in [7, 11) is 2.99. The summed E-state index contributed by atoms with van der Waals surface area (Å²) in [5, 5.41) is 10.1. The van der Waals surface area contributed by atoms with Gasteiger partial charge in [-0.25, -0.2) is 0 Å². The molecule has 11 nitrogen and oxygen atoms in total. The lowest BCUT2D eigenvalue weighted by molar-refractivity contribution is -0.126. The van der Waals surface area contributed by atoms with Gasteiger partial charge in [0.15, 0.2) is 11.5 Å². The zero-order valence-corrected chi connectivity index (χ0v) is 24.5. The van der Waals surface area contributed by atoms with E-state index in [1.54, 1.807) is 60.0 Å². The molecule has 0 spiro atoms. The van der Waals surface area contributed by atoms with Gasteiger partial charge in [0.05, 0.1) is 31.7 Å². The van der Waals surface area contributed by atoms with Gasteiger partial charge in [0, 0.05) is 31.5 Å². The van der Waals surface area contributed by atoms with Crippen molar-refractivity contribution in [3.05, 3.63) is 70.4 Å². The molecule has 12 heteroatoms. The van der Waals surface area contributed by atoms with Gasteiger partial charge >= 0.3 is 0 Å². The van der Waals surface area contributed by atoms with Gasteiger partial charge < -0.3 is 30.2 Å². The monoisotopic (exact) mass is 594 g/mol. The molecule has 3 aromatic rings. The molecule has 1 aromatic heterocycles. The fourth-order valence-electron chi connectivity index (χ4n) is 4.64. The van der Waals surface area contributed by atoms with Crippen LogP contribution in [0.5, 0.6) is 11.5 Å². The summed E-state index contributed by atoms with van der Waals surface area (Å²) in [5.41, 5.74) is 1.36. The van der Waals surface area contributed by atoms with E-state index in [4.69, 9.17) is 14.2 Å². The Morgan fingerprint density at radius 1 is 1.02 bits per heavy atom. The lowest BCUT2D eigenvalue weighted by Crippen LogP contribution is -2.48. The minimum atomic E-state index is -1.15. The van der Waals surface area contributed by atoms with Crippen molar-refractivity contribution in [3.63, 3.8) is 0 Å². The molecule has 2 aromatic carbocycles. The molecule has 0 bridgehead atoms. The standard InChI is InChI=1S/C30H34N4O7S/c1-19(35)33-21-9-11-22(12-10-21)34(27(36)18-32-29(37)26-7-5-15-42-26)28(30(38)31-17-23-6-4-14-41-23)20-8-13-24(39-2)25(16-20)40-3/h5,7-13,15-16,23,28H,4,6,14,17-18H2,1-3H3,(H,31,38)(H,32,37)(H,33,35)/t23-,28+/m0/s1. The van der Waals surface area contributed by atoms with E-state index in [0.29, 0.717) is 39.9 Å². The van der Waals surface area contributed by atoms with Crippen LogP contribution in [0.3, 0.4) is 0 Å². The predicted octanol–water partition coefficient (Wildman–Crippen LogP) is 3.52. The van der Waals surface area contributed by atoms with Crippen LogP contribution >= 0.6 is 11.3 Å². The summed E-state index contributed by atoms with van der Waals surface area (Å²) in [6.07, 6.45) is 1.61. The Morgan fingerprint density at radius 3 is 2.40 bits per heavy atom. The van der Waals surface area contributed by atoms with E-state index in [1.807, 2.05) is 0 Å². The fourth-order valence-corrected chi connectivity index (χ4v) is 5.28. The number of carbonyl (C=O) groups excluding carboxylic acids is 4. The molecule has 3 N–H and O–H groups in total. The van der Waals surface area contributed by atoms with Crippen LogP contribution in [-0.2, 0) is 19.1 Å². The number of thiophene rings is 1. The molecule has 0 unspecified atom stereocenters. The highest BCUT2D eigenvalue weighted by Gasteiger charge is 2.34. The van der Waals surface area contributed by atoms with Crippen molar-refractivity contribution >= 4 is 46.3 Å². The molecule has 1 saturated heterocycles. The molecule has 2 atom stereocenters. The molecule has 222 valence electrons. The summed E-state index contributed by atoms with van der Waals surface area (Å²) in [5.74, 6) is -0.777. The van der Waals surface area contributed by atoms with Gasteiger partial charge in [-0.05, 0) is 66.2 Å². The molecular formula is C30H34N4O7S. The first-order valence-corrected chi connectivity index (χ1v) is 14.3. The number of rotatable bonds is 12. The van der Waals surface area contributed by atoms with E-state index in [-0.39, 0.29) is 25.1 Å². The first-order chi connectivity index (χ1) is 20.3. The minimum Gasteiger partial charge on any atom is -0.493 e. The molecule has 0 aliphatic carbocycles. The fraction of sp³-hybridized carbons (Fsp3) is 0.333. The number of anilines is 2. The van der Waals surface area contributed by atoms with Crippen molar-refractivity contribution in [1.29, 1.82) is 0 Å². The van der Waals surface area contributed by atoms with Crippen LogP contribution in [0.15, 0.2) is 60.0 Å². The number of methoxy groups -OCH3 is 2. The Bertz CT molecular complexity index is 1390.